The van der Waals surface area contributed by atoms with Gasteiger partial charge in [0, 0.05) is 52.2 Å². The molecule has 0 radical (unpaired) electrons. The second-order valence-electron chi connectivity index (χ2n) is 4.59. The fraction of sp³-hybridized carbons (Fsp3) is 0.818. The highest BCUT2D eigenvalue weighted by atomic mass is 35.5. The van der Waals surface area contributed by atoms with Gasteiger partial charge in [-0.25, -0.2) is 0 Å². The van der Waals surface area contributed by atoms with Gasteiger partial charge in [0.25, 0.3) is 0 Å². The average Bonchev–Trinajstić information content (AvgIpc) is 2.77. The molecule has 0 aliphatic carbocycles. The molecule has 2 saturated heterocycles. The van der Waals surface area contributed by atoms with Gasteiger partial charge in [-0.2, -0.15) is 0 Å². The Balaban J connectivity index is 0.00000162. The summed E-state index contributed by atoms with van der Waals surface area (Å²) in [5, 5.41) is 8.86. The SMILES string of the molecule is Cl.O=C1CC(C(=O)NCCN2CCNCC2)CN1. The van der Waals surface area contributed by atoms with Gasteiger partial charge >= 0.3 is 0 Å². The molecule has 2 aliphatic rings. The Bertz CT molecular complexity index is 295. The third-order valence-corrected chi connectivity index (χ3v) is 3.29. The smallest absolute Gasteiger partial charge is 0.225 e. The first-order chi connectivity index (χ1) is 8.25. The molecule has 0 bridgehead atoms. The van der Waals surface area contributed by atoms with E-state index in [0.29, 0.717) is 19.5 Å². The van der Waals surface area contributed by atoms with E-state index in [1.165, 1.54) is 0 Å². The molecule has 1 unspecified atom stereocenters. The van der Waals surface area contributed by atoms with Crippen molar-refractivity contribution < 1.29 is 9.59 Å². The molecule has 18 heavy (non-hydrogen) atoms. The normalized spacial score (nSPS) is 24.2. The van der Waals surface area contributed by atoms with Crippen LogP contribution in [0.25, 0.3) is 0 Å². The highest BCUT2D eigenvalue weighted by Gasteiger charge is 2.27. The molecule has 0 aromatic heterocycles. The van der Waals surface area contributed by atoms with Gasteiger partial charge in [0.2, 0.25) is 11.8 Å². The van der Waals surface area contributed by atoms with Crippen molar-refractivity contribution in [1.82, 2.24) is 20.9 Å². The van der Waals surface area contributed by atoms with E-state index in [2.05, 4.69) is 20.9 Å². The standard InChI is InChI=1S/C11H20N4O2.ClH/c16-10-7-9(8-14-10)11(17)13-3-6-15-4-1-12-2-5-15;/h9,12H,1-8H2,(H,13,17)(H,14,16);1H. The molecule has 0 aromatic carbocycles. The molecule has 2 amide bonds. The van der Waals surface area contributed by atoms with E-state index in [1.54, 1.807) is 0 Å². The van der Waals surface area contributed by atoms with E-state index in [-0.39, 0.29) is 30.1 Å². The summed E-state index contributed by atoms with van der Waals surface area (Å²) in [7, 11) is 0. The molecule has 6 nitrogen and oxygen atoms in total. The molecule has 0 spiro atoms. The lowest BCUT2D eigenvalue weighted by molar-refractivity contribution is -0.126. The van der Waals surface area contributed by atoms with Crippen LogP contribution in [0.15, 0.2) is 0 Å². The van der Waals surface area contributed by atoms with Gasteiger partial charge in [-0.15, -0.1) is 12.4 Å². The Morgan fingerprint density at radius 2 is 2.11 bits per heavy atom. The number of rotatable bonds is 4. The van der Waals surface area contributed by atoms with Crippen molar-refractivity contribution in [3.8, 4) is 0 Å². The van der Waals surface area contributed by atoms with Gasteiger partial charge in [-0.1, -0.05) is 0 Å². The zero-order valence-electron chi connectivity index (χ0n) is 10.4. The first-order valence-electron chi connectivity index (χ1n) is 6.23. The molecule has 7 heteroatoms. The maximum absolute atomic E-state index is 11.7. The van der Waals surface area contributed by atoms with Gasteiger partial charge in [0.1, 0.15) is 0 Å². The van der Waals surface area contributed by atoms with Crippen LogP contribution in [0, 0.1) is 5.92 Å². The molecule has 104 valence electrons. The highest BCUT2D eigenvalue weighted by molar-refractivity contribution is 5.89. The van der Waals surface area contributed by atoms with Crippen molar-refractivity contribution in [3.63, 3.8) is 0 Å². The summed E-state index contributed by atoms with van der Waals surface area (Å²) in [6.45, 7) is 6.17. The summed E-state index contributed by atoms with van der Waals surface area (Å²) >= 11 is 0. The van der Waals surface area contributed by atoms with Crippen molar-refractivity contribution in [2.45, 2.75) is 6.42 Å². The molecule has 0 saturated carbocycles. The number of piperazine rings is 1. The molecule has 1 atom stereocenters. The van der Waals surface area contributed by atoms with Gasteiger partial charge in [-0.05, 0) is 0 Å². The molecular weight excluding hydrogens is 256 g/mol. The van der Waals surface area contributed by atoms with Gasteiger partial charge in [0.05, 0.1) is 5.92 Å². The van der Waals surface area contributed by atoms with Crippen molar-refractivity contribution in [2.75, 3.05) is 45.8 Å². The third kappa shape index (κ3) is 4.44. The van der Waals surface area contributed by atoms with Crippen LogP contribution in [-0.2, 0) is 9.59 Å². The predicted octanol–water partition coefficient (Wildman–Crippen LogP) is -1.43. The van der Waals surface area contributed by atoms with Crippen molar-refractivity contribution >= 4 is 24.2 Å². The number of carbonyl (C=O) groups is 2. The molecule has 2 heterocycles. The fourth-order valence-electron chi connectivity index (χ4n) is 2.21. The Labute approximate surface area is 113 Å². The van der Waals surface area contributed by atoms with Crippen LogP contribution in [0.5, 0.6) is 0 Å². The van der Waals surface area contributed by atoms with Crippen LogP contribution in [0.2, 0.25) is 0 Å². The zero-order chi connectivity index (χ0) is 12.1. The predicted molar refractivity (Wildman–Crippen MR) is 70.7 cm³/mol. The largest absolute Gasteiger partial charge is 0.355 e. The highest BCUT2D eigenvalue weighted by Crippen LogP contribution is 2.08. The van der Waals surface area contributed by atoms with E-state index in [1.807, 2.05) is 0 Å². The third-order valence-electron chi connectivity index (χ3n) is 3.29. The van der Waals surface area contributed by atoms with Crippen LogP contribution >= 0.6 is 12.4 Å². The lowest BCUT2D eigenvalue weighted by atomic mass is 10.1. The molecule has 0 aromatic rings. The van der Waals surface area contributed by atoms with Crippen LogP contribution in [0.4, 0.5) is 0 Å². The Morgan fingerprint density at radius 3 is 2.72 bits per heavy atom. The fourth-order valence-corrected chi connectivity index (χ4v) is 2.21. The minimum absolute atomic E-state index is 0. The number of halogens is 1. The minimum Gasteiger partial charge on any atom is -0.355 e. The Hall–Kier alpha value is -0.850. The van der Waals surface area contributed by atoms with Crippen molar-refractivity contribution in [2.24, 2.45) is 5.92 Å². The summed E-state index contributed by atoms with van der Waals surface area (Å²) in [5.41, 5.74) is 0. The van der Waals surface area contributed by atoms with Crippen LogP contribution in [0.1, 0.15) is 6.42 Å². The summed E-state index contributed by atoms with van der Waals surface area (Å²) < 4.78 is 0. The Morgan fingerprint density at radius 1 is 1.39 bits per heavy atom. The van der Waals surface area contributed by atoms with E-state index in [9.17, 15) is 9.59 Å². The summed E-state index contributed by atoms with van der Waals surface area (Å²) in [6, 6.07) is 0. The van der Waals surface area contributed by atoms with E-state index in [0.717, 1.165) is 32.7 Å². The van der Waals surface area contributed by atoms with Crippen LogP contribution in [0.3, 0.4) is 0 Å². The van der Waals surface area contributed by atoms with Crippen LogP contribution in [-0.4, -0.2) is 62.5 Å². The Kier molecular flexibility index (Phi) is 6.38. The topological polar surface area (TPSA) is 73.5 Å². The molecule has 2 fully saturated rings. The quantitative estimate of drug-likeness (QED) is 0.588. The first kappa shape index (κ1) is 15.2. The number of carbonyl (C=O) groups excluding carboxylic acids is 2. The van der Waals surface area contributed by atoms with Crippen LogP contribution < -0.4 is 16.0 Å². The first-order valence-corrected chi connectivity index (χ1v) is 6.23. The lowest BCUT2D eigenvalue weighted by Gasteiger charge is -2.27. The summed E-state index contributed by atoms with van der Waals surface area (Å²) in [5.74, 6) is -0.198. The number of hydrogen-bond donors (Lipinski definition) is 3. The zero-order valence-corrected chi connectivity index (χ0v) is 11.2. The molecule has 2 aliphatic heterocycles. The van der Waals surface area contributed by atoms with Crippen molar-refractivity contribution in [1.29, 1.82) is 0 Å². The second-order valence-corrected chi connectivity index (χ2v) is 4.59. The van der Waals surface area contributed by atoms with E-state index >= 15 is 0 Å². The van der Waals surface area contributed by atoms with Gasteiger partial charge in [0.15, 0.2) is 0 Å². The van der Waals surface area contributed by atoms with Gasteiger partial charge < -0.3 is 16.0 Å². The number of hydrogen-bond acceptors (Lipinski definition) is 4. The number of amides is 2. The van der Waals surface area contributed by atoms with Crippen molar-refractivity contribution in [3.05, 3.63) is 0 Å². The minimum atomic E-state index is -0.175. The maximum atomic E-state index is 11.7. The maximum Gasteiger partial charge on any atom is 0.225 e. The molecular formula is C11H21ClN4O2. The lowest BCUT2D eigenvalue weighted by Crippen LogP contribution is -2.46. The monoisotopic (exact) mass is 276 g/mol. The molecule has 3 N–H and O–H groups in total. The number of nitrogens with one attached hydrogen (secondary N) is 3. The second kappa shape index (κ2) is 7.56. The van der Waals surface area contributed by atoms with E-state index < -0.39 is 0 Å². The molecule has 2 rings (SSSR count). The summed E-state index contributed by atoms with van der Waals surface area (Å²) in [4.78, 5) is 25.0. The van der Waals surface area contributed by atoms with Gasteiger partial charge in [-0.3, -0.25) is 14.5 Å². The number of nitrogens with zero attached hydrogens (tertiary/aromatic N) is 1. The summed E-state index contributed by atoms with van der Waals surface area (Å²) in [6.07, 6.45) is 0.333. The average molecular weight is 277 g/mol. The van der Waals surface area contributed by atoms with E-state index in [4.69, 9.17) is 0 Å².